The Morgan fingerprint density at radius 1 is 1.40 bits per heavy atom. The summed E-state index contributed by atoms with van der Waals surface area (Å²) in [5, 5.41) is 3.44. The molecule has 20 heavy (non-hydrogen) atoms. The van der Waals surface area contributed by atoms with Gasteiger partial charge in [-0.25, -0.2) is 4.98 Å². The van der Waals surface area contributed by atoms with Gasteiger partial charge in [0.2, 0.25) is 0 Å². The van der Waals surface area contributed by atoms with E-state index in [0.29, 0.717) is 16.6 Å². The first-order chi connectivity index (χ1) is 9.65. The number of nitrogens with zero attached hydrogens (tertiary/aromatic N) is 2. The summed E-state index contributed by atoms with van der Waals surface area (Å²) < 4.78 is 0. The molecule has 0 saturated carbocycles. The minimum atomic E-state index is -0.114. The van der Waals surface area contributed by atoms with E-state index in [0.717, 1.165) is 19.5 Å². The number of nitrogens with two attached hydrogens (primary N) is 1. The van der Waals surface area contributed by atoms with Gasteiger partial charge in [-0.05, 0) is 31.9 Å². The lowest BCUT2D eigenvalue weighted by molar-refractivity contribution is 0.0915. The standard InChI is InChI=1S/C14H19ClN4O/c15-10-7-9(8-17-13(10)16)14(20)18-11-4-6-19-5-2-1-3-12(11)19/h7-8,11-12H,1-6H2,(H2,16,17)(H,18,20). The Kier molecular flexibility index (Phi) is 3.81. The number of carbonyl (C=O) groups is 1. The fourth-order valence-corrected chi connectivity index (χ4v) is 3.41. The molecule has 2 aliphatic heterocycles. The zero-order chi connectivity index (χ0) is 14.1. The molecule has 6 heteroatoms. The molecular weight excluding hydrogens is 276 g/mol. The number of pyridine rings is 1. The summed E-state index contributed by atoms with van der Waals surface area (Å²) in [6, 6.07) is 2.30. The molecule has 2 saturated heterocycles. The minimum Gasteiger partial charge on any atom is -0.382 e. The number of fused-ring (bicyclic) bond motifs is 1. The molecule has 0 spiro atoms. The quantitative estimate of drug-likeness (QED) is 0.870. The third kappa shape index (κ3) is 2.60. The van der Waals surface area contributed by atoms with Gasteiger partial charge < -0.3 is 11.1 Å². The number of carbonyl (C=O) groups excluding carboxylic acids is 1. The van der Waals surface area contributed by atoms with E-state index in [1.807, 2.05) is 0 Å². The van der Waals surface area contributed by atoms with Crippen LogP contribution in [0.4, 0.5) is 5.82 Å². The van der Waals surface area contributed by atoms with E-state index < -0.39 is 0 Å². The van der Waals surface area contributed by atoms with Gasteiger partial charge in [-0.1, -0.05) is 18.0 Å². The Hall–Kier alpha value is -1.33. The minimum absolute atomic E-state index is 0.114. The van der Waals surface area contributed by atoms with Crippen LogP contribution in [-0.4, -0.2) is 41.0 Å². The second kappa shape index (κ2) is 5.58. The predicted molar refractivity (Wildman–Crippen MR) is 78.7 cm³/mol. The van der Waals surface area contributed by atoms with E-state index in [-0.39, 0.29) is 17.8 Å². The SMILES string of the molecule is Nc1ncc(C(=O)NC2CCN3CCCCC23)cc1Cl. The second-order valence-corrected chi connectivity index (χ2v) is 5.97. The van der Waals surface area contributed by atoms with Crippen LogP contribution in [0.1, 0.15) is 36.0 Å². The molecule has 3 N–H and O–H groups in total. The number of aromatic nitrogens is 1. The number of piperidine rings is 1. The molecule has 5 nitrogen and oxygen atoms in total. The van der Waals surface area contributed by atoms with Crippen LogP contribution in [0.5, 0.6) is 0 Å². The molecule has 2 fully saturated rings. The summed E-state index contributed by atoms with van der Waals surface area (Å²) in [5.74, 6) is 0.138. The normalized spacial score (nSPS) is 26.2. The molecule has 1 aromatic rings. The summed E-state index contributed by atoms with van der Waals surface area (Å²) in [4.78, 5) is 18.7. The van der Waals surface area contributed by atoms with Crippen LogP contribution >= 0.6 is 11.6 Å². The molecule has 3 rings (SSSR count). The zero-order valence-corrected chi connectivity index (χ0v) is 12.1. The molecule has 108 valence electrons. The van der Waals surface area contributed by atoms with E-state index in [1.165, 1.54) is 25.5 Å². The monoisotopic (exact) mass is 294 g/mol. The maximum absolute atomic E-state index is 12.3. The predicted octanol–water partition coefficient (Wildman–Crippen LogP) is 1.67. The Balaban J connectivity index is 1.68. The van der Waals surface area contributed by atoms with Crippen molar-refractivity contribution >= 4 is 23.3 Å². The van der Waals surface area contributed by atoms with Crippen LogP contribution in [0.3, 0.4) is 0 Å². The molecule has 0 radical (unpaired) electrons. The molecule has 2 unspecified atom stereocenters. The van der Waals surface area contributed by atoms with Crippen LogP contribution in [0, 0.1) is 0 Å². The Labute approximate surface area is 123 Å². The molecule has 0 bridgehead atoms. The Morgan fingerprint density at radius 3 is 3.05 bits per heavy atom. The summed E-state index contributed by atoms with van der Waals surface area (Å²) >= 11 is 5.91. The molecule has 1 amide bonds. The number of nitrogens with one attached hydrogen (secondary N) is 1. The largest absolute Gasteiger partial charge is 0.382 e. The molecule has 0 aliphatic carbocycles. The maximum atomic E-state index is 12.3. The molecular formula is C14H19ClN4O. The summed E-state index contributed by atoms with van der Waals surface area (Å²) in [6.45, 7) is 2.24. The van der Waals surface area contributed by atoms with Crippen LogP contribution in [-0.2, 0) is 0 Å². The van der Waals surface area contributed by atoms with Gasteiger partial charge in [0, 0.05) is 24.8 Å². The smallest absolute Gasteiger partial charge is 0.253 e. The number of amides is 1. The van der Waals surface area contributed by atoms with Crippen molar-refractivity contribution < 1.29 is 4.79 Å². The van der Waals surface area contributed by atoms with E-state index in [9.17, 15) is 4.79 Å². The van der Waals surface area contributed by atoms with Gasteiger partial charge in [-0.3, -0.25) is 9.69 Å². The fourth-order valence-electron chi connectivity index (χ4n) is 3.24. The first-order valence-corrected chi connectivity index (χ1v) is 7.49. The number of rotatable bonds is 2. The third-order valence-electron chi connectivity index (χ3n) is 4.30. The van der Waals surface area contributed by atoms with Crippen LogP contribution in [0.25, 0.3) is 0 Å². The van der Waals surface area contributed by atoms with Crippen molar-refractivity contribution in [2.75, 3.05) is 18.8 Å². The van der Waals surface area contributed by atoms with Gasteiger partial charge in [0.25, 0.3) is 5.91 Å². The Morgan fingerprint density at radius 2 is 2.25 bits per heavy atom. The molecule has 2 atom stereocenters. The van der Waals surface area contributed by atoms with Gasteiger partial charge in [-0.2, -0.15) is 0 Å². The average molecular weight is 295 g/mol. The Bertz CT molecular complexity index is 522. The number of nitrogen functional groups attached to an aromatic ring is 1. The van der Waals surface area contributed by atoms with Crippen LogP contribution in [0.15, 0.2) is 12.3 Å². The fraction of sp³-hybridized carbons (Fsp3) is 0.571. The van der Waals surface area contributed by atoms with E-state index in [1.54, 1.807) is 6.07 Å². The summed E-state index contributed by atoms with van der Waals surface area (Å²) in [7, 11) is 0. The second-order valence-electron chi connectivity index (χ2n) is 5.56. The highest BCUT2D eigenvalue weighted by Gasteiger charge is 2.36. The van der Waals surface area contributed by atoms with Crippen molar-refractivity contribution in [3.63, 3.8) is 0 Å². The number of hydrogen-bond acceptors (Lipinski definition) is 4. The highest BCUT2D eigenvalue weighted by Crippen LogP contribution is 2.27. The van der Waals surface area contributed by atoms with Crippen molar-refractivity contribution in [1.29, 1.82) is 0 Å². The van der Waals surface area contributed by atoms with Gasteiger partial charge >= 0.3 is 0 Å². The van der Waals surface area contributed by atoms with Crippen molar-refractivity contribution in [2.24, 2.45) is 0 Å². The lowest BCUT2D eigenvalue weighted by Crippen LogP contribution is -2.46. The summed E-state index contributed by atoms with van der Waals surface area (Å²) in [5.41, 5.74) is 6.03. The van der Waals surface area contributed by atoms with Crippen LogP contribution < -0.4 is 11.1 Å². The first-order valence-electron chi connectivity index (χ1n) is 7.11. The van der Waals surface area contributed by atoms with Crippen molar-refractivity contribution in [1.82, 2.24) is 15.2 Å². The number of anilines is 1. The van der Waals surface area contributed by atoms with Crippen molar-refractivity contribution in [2.45, 2.75) is 37.8 Å². The summed E-state index contributed by atoms with van der Waals surface area (Å²) in [6.07, 6.45) is 6.19. The highest BCUT2D eigenvalue weighted by atomic mass is 35.5. The van der Waals surface area contributed by atoms with Gasteiger partial charge in [0.15, 0.2) is 0 Å². The zero-order valence-electron chi connectivity index (χ0n) is 11.3. The van der Waals surface area contributed by atoms with Gasteiger partial charge in [0.1, 0.15) is 5.82 Å². The van der Waals surface area contributed by atoms with E-state index in [2.05, 4.69) is 15.2 Å². The third-order valence-corrected chi connectivity index (χ3v) is 4.61. The number of hydrogen-bond donors (Lipinski definition) is 2. The first kappa shape index (κ1) is 13.6. The van der Waals surface area contributed by atoms with Crippen LogP contribution in [0.2, 0.25) is 5.02 Å². The highest BCUT2D eigenvalue weighted by molar-refractivity contribution is 6.33. The van der Waals surface area contributed by atoms with E-state index >= 15 is 0 Å². The lowest BCUT2D eigenvalue weighted by Gasteiger charge is -2.32. The average Bonchev–Trinajstić information content (AvgIpc) is 2.85. The van der Waals surface area contributed by atoms with E-state index in [4.69, 9.17) is 17.3 Å². The van der Waals surface area contributed by atoms with Crippen molar-refractivity contribution in [3.8, 4) is 0 Å². The molecule has 3 heterocycles. The lowest BCUT2D eigenvalue weighted by atomic mass is 9.99. The van der Waals surface area contributed by atoms with Gasteiger partial charge in [0.05, 0.1) is 10.6 Å². The number of halogens is 1. The molecule has 2 aliphatic rings. The molecule has 1 aromatic heterocycles. The maximum Gasteiger partial charge on any atom is 0.253 e. The topological polar surface area (TPSA) is 71.2 Å². The van der Waals surface area contributed by atoms with Crippen molar-refractivity contribution in [3.05, 3.63) is 22.8 Å². The molecule has 0 aromatic carbocycles. The van der Waals surface area contributed by atoms with Gasteiger partial charge in [-0.15, -0.1) is 0 Å².